The van der Waals surface area contributed by atoms with E-state index in [0.717, 1.165) is 42.8 Å². The molecule has 7 nitrogen and oxygen atoms in total. The molecule has 1 saturated heterocycles. The summed E-state index contributed by atoms with van der Waals surface area (Å²) < 4.78 is 23.2. The minimum atomic E-state index is -3.00. The third-order valence-corrected chi connectivity index (χ3v) is 5.68. The zero-order valence-electron chi connectivity index (χ0n) is 16.3. The molecule has 2 heterocycles. The number of carboxylic acids is 1. The summed E-state index contributed by atoms with van der Waals surface area (Å²) in [5.74, 6) is 0.138. The molecule has 1 aliphatic rings. The largest absolute Gasteiger partial charge is 0.481 e. The summed E-state index contributed by atoms with van der Waals surface area (Å²) in [7, 11) is -3.00. The lowest BCUT2D eigenvalue weighted by Gasteiger charge is -2.34. The van der Waals surface area contributed by atoms with E-state index in [1.54, 1.807) is 0 Å². The van der Waals surface area contributed by atoms with Gasteiger partial charge in [0.05, 0.1) is 16.8 Å². The van der Waals surface area contributed by atoms with E-state index in [4.69, 9.17) is 14.9 Å². The Bertz CT molecular complexity index is 1010. The number of hydrogen-bond acceptors (Lipinski definition) is 6. The number of para-hydroxylation sites is 1. The Morgan fingerprint density at radius 3 is 2.64 bits per heavy atom. The van der Waals surface area contributed by atoms with Gasteiger partial charge in [-0.25, -0.2) is 13.4 Å². The van der Waals surface area contributed by atoms with Gasteiger partial charge < -0.3 is 10.0 Å². The van der Waals surface area contributed by atoms with Gasteiger partial charge in [-0.1, -0.05) is 18.2 Å². The van der Waals surface area contributed by atoms with E-state index < -0.39 is 15.8 Å². The Labute approximate surface area is 165 Å². The Hall–Kier alpha value is -2.66. The molecule has 1 fully saturated rings. The quantitative estimate of drug-likeness (QED) is 0.838. The van der Waals surface area contributed by atoms with E-state index >= 15 is 0 Å². The van der Waals surface area contributed by atoms with Crippen molar-refractivity contribution in [3.8, 4) is 6.07 Å². The molecule has 1 atom stereocenters. The average molecular weight is 404 g/mol. The van der Waals surface area contributed by atoms with E-state index in [9.17, 15) is 13.7 Å². The van der Waals surface area contributed by atoms with Crippen LogP contribution in [0, 0.1) is 24.2 Å². The number of pyridine rings is 1. The van der Waals surface area contributed by atoms with Gasteiger partial charge >= 0.3 is 0 Å². The van der Waals surface area contributed by atoms with Crippen molar-refractivity contribution in [3.63, 3.8) is 0 Å². The molecule has 1 aliphatic heterocycles. The Balaban J connectivity index is 0.000000640. The minimum absolute atomic E-state index is 0.0915. The zero-order chi connectivity index (χ0) is 20.9. The number of anilines is 1. The number of piperidine rings is 1. The van der Waals surface area contributed by atoms with E-state index in [2.05, 4.69) is 11.0 Å². The van der Waals surface area contributed by atoms with Crippen LogP contribution in [-0.2, 0) is 14.6 Å². The van der Waals surface area contributed by atoms with Crippen molar-refractivity contribution in [1.29, 1.82) is 5.26 Å². The van der Waals surface area contributed by atoms with E-state index in [0.29, 0.717) is 17.9 Å². The van der Waals surface area contributed by atoms with Crippen LogP contribution in [0.25, 0.3) is 10.9 Å². The van der Waals surface area contributed by atoms with Crippen LogP contribution in [0.2, 0.25) is 0 Å². The standard InChI is InChI=1S/C18H21N3O2S.C2H4O2/c1-13-15-7-3-4-8-17(15)20-18(16(13)10-19)21-9-5-6-14(11-21)12-24(2,22)23;1-2(3)4/h3-4,7-8,14H,5-6,9,11-12H2,1-2H3;1H3,(H,3,4). The van der Waals surface area contributed by atoms with Crippen LogP contribution in [0.3, 0.4) is 0 Å². The fraction of sp³-hybridized carbons (Fsp3) is 0.450. The molecule has 0 saturated carbocycles. The first-order chi connectivity index (χ1) is 13.1. The molecular formula is C20H25N3O4S. The highest BCUT2D eigenvalue weighted by atomic mass is 32.2. The number of aromatic nitrogens is 1. The first-order valence-corrected chi connectivity index (χ1v) is 11.1. The molecule has 0 bridgehead atoms. The van der Waals surface area contributed by atoms with Crippen LogP contribution < -0.4 is 4.90 Å². The molecule has 150 valence electrons. The van der Waals surface area contributed by atoms with Gasteiger partial charge in [0.1, 0.15) is 21.7 Å². The molecule has 28 heavy (non-hydrogen) atoms. The highest BCUT2D eigenvalue weighted by Crippen LogP contribution is 2.30. The summed E-state index contributed by atoms with van der Waals surface area (Å²) in [4.78, 5) is 15.8. The number of aryl methyl sites for hydroxylation is 1. The van der Waals surface area contributed by atoms with Crippen LogP contribution in [0.4, 0.5) is 5.82 Å². The van der Waals surface area contributed by atoms with Gasteiger partial charge in [0, 0.05) is 31.7 Å². The van der Waals surface area contributed by atoms with Gasteiger partial charge in [-0.2, -0.15) is 5.26 Å². The summed E-state index contributed by atoms with van der Waals surface area (Å²) in [6.45, 7) is 4.47. The summed E-state index contributed by atoms with van der Waals surface area (Å²) in [5, 5.41) is 18.0. The number of carbonyl (C=O) groups is 1. The Morgan fingerprint density at radius 1 is 1.39 bits per heavy atom. The Kier molecular flexibility index (Phi) is 6.97. The predicted octanol–water partition coefficient (Wildman–Crippen LogP) is 2.77. The van der Waals surface area contributed by atoms with Crippen LogP contribution in [0.15, 0.2) is 24.3 Å². The lowest BCUT2D eigenvalue weighted by atomic mass is 9.98. The highest BCUT2D eigenvalue weighted by Gasteiger charge is 2.26. The van der Waals surface area contributed by atoms with Crippen molar-refractivity contribution in [2.24, 2.45) is 5.92 Å². The normalized spacial score (nSPS) is 16.8. The number of nitriles is 1. The molecule has 2 aromatic rings. The topological polar surface area (TPSA) is 111 Å². The molecule has 3 rings (SSSR count). The minimum Gasteiger partial charge on any atom is -0.481 e. The number of fused-ring (bicyclic) bond motifs is 1. The fourth-order valence-corrected chi connectivity index (χ4v) is 4.67. The van der Waals surface area contributed by atoms with Crippen molar-refractivity contribution < 1.29 is 18.3 Å². The molecule has 0 spiro atoms. The van der Waals surface area contributed by atoms with Gasteiger partial charge in [0.15, 0.2) is 0 Å². The fourth-order valence-electron chi connectivity index (χ4n) is 3.54. The maximum absolute atomic E-state index is 11.6. The third-order valence-electron chi connectivity index (χ3n) is 4.60. The zero-order valence-corrected chi connectivity index (χ0v) is 17.2. The second kappa shape index (κ2) is 9.02. The molecule has 1 aromatic carbocycles. The number of sulfone groups is 1. The molecule has 0 radical (unpaired) electrons. The summed E-state index contributed by atoms with van der Waals surface area (Å²) >= 11 is 0. The van der Waals surface area contributed by atoms with E-state index in [1.165, 1.54) is 6.26 Å². The molecule has 1 unspecified atom stereocenters. The van der Waals surface area contributed by atoms with Crippen molar-refractivity contribution in [2.75, 3.05) is 30.0 Å². The molecule has 0 aliphatic carbocycles. The molecule has 0 amide bonds. The molecule has 1 aromatic heterocycles. The maximum Gasteiger partial charge on any atom is 0.300 e. The second-order valence-corrected chi connectivity index (χ2v) is 9.31. The summed E-state index contributed by atoms with van der Waals surface area (Å²) in [6, 6.07) is 10.1. The van der Waals surface area contributed by atoms with Gasteiger partial charge in [0.25, 0.3) is 5.97 Å². The number of benzene rings is 1. The van der Waals surface area contributed by atoms with Crippen LogP contribution in [0.5, 0.6) is 0 Å². The van der Waals surface area contributed by atoms with E-state index in [-0.39, 0.29) is 11.7 Å². The van der Waals surface area contributed by atoms with Crippen LogP contribution >= 0.6 is 0 Å². The maximum atomic E-state index is 11.6. The molecule has 1 N–H and O–H groups in total. The number of aliphatic carboxylic acids is 1. The van der Waals surface area contributed by atoms with Crippen LogP contribution in [-0.4, -0.2) is 49.6 Å². The van der Waals surface area contributed by atoms with Gasteiger partial charge in [-0.15, -0.1) is 0 Å². The lowest BCUT2D eigenvalue weighted by Crippen LogP contribution is -2.39. The first kappa shape index (κ1) is 21.6. The summed E-state index contributed by atoms with van der Waals surface area (Å²) in [5.41, 5.74) is 2.39. The highest BCUT2D eigenvalue weighted by molar-refractivity contribution is 7.90. The predicted molar refractivity (Wildman–Crippen MR) is 109 cm³/mol. The monoisotopic (exact) mass is 403 g/mol. The van der Waals surface area contributed by atoms with Gasteiger partial charge in [0.2, 0.25) is 0 Å². The van der Waals surface area contributed by atoms with Crippen molar-refractivity contribution in [1.82, 2.24) is 4.98 Å². The summed E-state index contributed by atoms with van der Waals surface area (Å²) in [6.07, 6.45) is 3.10. The van der Waals surface area contributed by atoms with Crippen molar-refractivity contribution in [3.05, 3.63) is 35.4 Å². The number of rotatable bonds is 3. The third kappa shape index (κ3) is 5.67. The van der Waals surface area contributed by atoms with Crippen molar-refractivity contribution in [2.45, 2.75) is 26.7 Å². The van der Waals surface area contributed by atoms with E-state index in [1.807, 2.05) is 31.2 Å². The van der Waals surface area contributed by atoms with Crippen LogP contribution in [0.1, 0.15) is 30.9 Å². The lowest BCUT2D eigenvalue weighted by molar-refractivity contribution is -0.134. The van der Waals surface area contributed by atoms with Gasteiger partial charge in [-0.05, 0) is 37.3 Å². The SMILES string of the molecule is CC(=O)O.Cc1c(C#N)c(N2CCCC(CS(C)(=O)=O)C2)nc2ccccc12. The first-order valence-electron chi connectivity index (χ1n) is 9.04. The Morgan fingerprint density at radius 2 is 2.04 bits per heavy atom. The number of nitrogens with zero attached hydrogens (tertiary/aromatic N) is 3. The smallest absolute Gasteiger partial charge is 0.300 e. The number of hydrogen-bond donors (Lipinski definition) is 1. The number of carboxylic acid groups (broad SMARTS) is 1. The van der Waals surface area contributed by atoms with Gasteiger partial charge in [-0.3, -0.25) is 4.79 Å². The average Bonchev–Trinajstić information content (AvgIpc) is 2.60. The second-order valence-electron chi connectivity index (χ2n) is 7.13. The van der Waals surface area contributed by atoms with Crippen molar-refractivity contribution >= 4 is 32.5 Å². The molecular weight excluding hydrogens is 378 g/mol. The molecule has 8 heteroatoms.